The highest BCUT2D eigenvalue weighted by Gasteiger charge is 2.33. The summed E-state index contributed by atoms with van der Waals surface area (Å²) in [6.45, 7) is 5.03. The van der Waals surface area contributed by atoms with Crippen molar-refractivity contribution >= 4 is 23.5 Å². The molecule has 1 heterocycles. The highest BCUT2D eigenvalue weighted by atomic mass is 32.2. The Balaban J connectivity index is 1.65. The highest BCUT2D eigenvalue weighted by molar-refractivity contribution is 8.18. The minimum Gasteiger partial charge on any atom is -0.489 e. The van der Waals surface area contributed by atoms with Gasteiger partial charge in [-0.2, -0.15) is 0 Å². The zero-order chi connectivity index (χ0) is 16.1. The van der Waals surface area contributed by atoms with Gasteiger partial charge < -0.3 is 4.74 Å². The van der Waals surface area contributed by atoms with Gasteiger partial charge in [0.1, 0.15) is 12.4 Å². The van der Waals surface area contributed by atoms with Crippen molar-refractivity contribution in [1.29, 1.82) is 0 Å². The molecule has 2 aromatic rings. The molecule has 0 saturated carbocycles. The van der Waals surface area contributed by atoms with Gasteiger partial charge in [-0.3, -0.25) is 0 Å². The Morgan fingerprint density at radius 3 is 2.22 bits per heavy atom. The second-order valence-electron chi connectivity index (χ2n) is 5.96. The SMILES string of the molecule is CCC1(c2ccc(OCc3ccc(C)cc3)cc2)SCCCS1. The minimum atomic E-state index is 0.244. The number of benzene rings is 2. The normalized spacial score (nSPS) is 17.0. The number of aryl methyl sites for hydroxylation is 1. The molecule has 0 unspecified atom stereocenters. The van der Waals surface area contributed by atoms with Gasteiger partial charge in [0.15, 0.2) is 0 Å². The zero-order valence-corrected chi connectivity index (χ0v) is 15.5. The van der Waals surface area contributed by atoms with Crippen LogP contribution < -0.4 is 4.74 Å². The van der Waals surface area contributed by atoms with E-state index in [1.807, 2.05) is 0 Å². The Morgan fingerprint density at radius 2 is 1.61 bits per heavy atom. The lowest BCUT2D eigenvalue weighted by molar-refractivity contribution is 0.306. The van der Waals surface area contributed by atoms with Crippen molar-refractivity contribution in [3.8, 4) is 5.75 Å². The van der Waals surface area contributed by atoms with E-state index in [1.165, 1.54) is 41.0 Å². The number of ether oxygens (including phenoxy) is 1. The maximum absolute atomic E-state index is 5.93. The fraction of sp³-hybridized carbons (Fsp3) is 0.400. The van der Waals surface area contributed by atoms with Crippen molar-refractivity contribution in [2.24, 2.45) is 0 Å². The maximum atomic E-state index is 5.93. The summed E-state index contributed by atoms with van der Waals surface area (Å²) in [5.41, 5.74) is 3.92. The third kappa shape index (κ3) is 4.07. The molecule has 3 heteroatoms. The predicted molar refractivity (Wildman–Crippen MR) is 103 cm³/mol. The van der Waals surface area contributed by atoms with Crippen LogP contribution >= 0.6 is 23.5 Å². The minimum absolute atomic E-state index is 0.244. The van der Waals surface area contributed by atoms with E-state index in [0.717, 1.165) is 5.75 Å². The standard InChI is InChI=1S/C20H24OS2/c1-3-20(22-13-4-14-23-20)18-9-11-19(12-10-18)21-15-17-7-5-16(2)6-8-17/h5-12H,3-4,13-15H2,1-2H3. The molecule has 1 aliphatic rings. The Kier molecular flexibility index (Phi) is 5.60. The monoisotopic (exact) mass is 344 g/mol. The van der Waals surface area contributed by atoms with Crippen molar-refractivity contribution in [1.82, 2.24) is 0 Å². The Morgan fingerprint density at radius 1 is 0.957 bits per heavy atom. The quantitative estimate of drug-likeness (QED) is 0.657. The molecule has 0 aliphatic carbocycles. The molecule has 0 radical (unpaired) electrons. The van der Waals surface area contributed by atoms with E-state index in [4.69, 9.17) is 4.74 Å². The van der Waals surface area contributed by atoms with Gasteiger partial charge in [0.2, 0.25) is 0 Å². The molecule has 3 rings (SSSR count). The number of hydrogen-bond acceptors (Lipinski definition) is 3. The van der Waals surface area contributed by atoms with E-state index in [-0.39, 0.29) is 4.08 Å². The van der Waals surface area contributed by atoms with Crippen molar-refractivity contribution < 1.29 is 4.74 Å². The molecule has 0 aromatic heterocycles. The van der Waals surface area contributed by atoms with Crippen LogP contribution in [0.1, 0.15) is 36.5 Å². The fourth-order valence-electron chi connectivity index (χ4n) is 2.81. The molecule has 23 heavy (non-hydrogen) atoms. The first-order valence-electron chi connectivity index (χ1n) is 8.29. The molecule has 0 N–H and O–H groups in total. The van der Waals surface area contributed by atoms with E-state index in [0.29, 0.717) is 6.61 Å². The molecule has 0 bridgehead atoms. The third-order valence-corrected chi connectivity index (χ3v) is 7.92. The van der Waals surface area contributed by atoms with Crippen molar-refractivity contribution in [3.63, 3.8) is 0 Å². The largest absolute Gasteiger partial charge is 0.489 e. The first kappa shape index (κ1) is 16.8. The molecular formula is C20H24OS2. The first-order chi connectivity index (χ1) is 11.2. The lowest BCUT2D eigenvalue weighted by Gasteiger charge is -2.35. The second kappa shape index (κ2) is 7.67. The molecule has 1 aliphatic heterocycles. The number of hydrogen-bond donors (Lipinski definition) is 0. The summed E-state index contributed by atoms with van der Waals surface area (Å²) in [4.78, 5) is 0. The Hall–Kier alpha value is -1.06. The molecule has 1 fully saturated rings. The second-order valence-corrected chi connectivity index (χ2v) is 9.00. The van der Waals surface area contributed by atoms with E-state index in [1.54, 1.807) is 0 Å². The summed E-state index contributed by atoms with van der Waals surface area (Å²) < 4.78 is 6.17. The van der Waals surface area contributed by atoms with E-state index < -0.39 is 0 Å². The summed E-state index contributed by atoms with van der Waals surface area (Å²) in [5.74, 6) is 3.49. The fourth-order valence-corrected chi connectivity index (χ4v) is 6.07. The summed E-state index contributed by atoms with van der Waals surface area (Å²) in [6, 6.07) is 17.3. The molecule has 2 aromatic carbocycles. The smallest absolute Gasteiger partial charge is 0.119 e. The van der Waals surface area contributed by atoms with Crippen LogP contribution in [0, 0.1) is 6.92 Å². The lowest BCUT2D eigenvalue weighted by Crippen LogP contribution is -2.21. The van der Waals surface area contributed by atoms with Crippen LogP contribution in [0.15, 0.2) is 48.5 Å². The summed E-state index contributed by atoms with van der Waals surface area (Å²) >= 11 is 4.21. The Bertz CT molecular complexity index is 613. The van der Waals surface area contributed by atoms with Crippen LogP contribution in [-0.4, -0.2) is 11.5 Å². The van der Waals surface area contributed by atoms with Crippen LogP contribution in [0.5, 0.6) is 5.75 Å². The molecule has 0 amide bonds. The van der Waals surface area contributed by atoms with Gasteiger partial charge in [0.05, 0.1) is 4.08 Å². The van der Waals surface area contributed by atoms with Crippen LogP contribution in [0.4, 0.5) is 0 Å². The van der Waals surface area contributed by atoms with E-state index in [9.17, 15) is 0 Å². The Labute approximate surface area is 148 Å². The zero-order valence-electron chi connectivity index (χ0n) is 13.9. The lowest BCUT2D eigenvalue weighted by atomic mass is 10.1. The molecule has 0 spiro atoms. The van der Waals surface area contributed by atoms with Crippen molar-refractivity contribution in [3.05, 3.63) is 65.2 Å². The van der Waals surface area contributed by atoms with Gasteiger partial charge in [-0.25, -0.2) is 0 Å². The van der Waals surface area contributed by atoms with Crippen molar-refractivity contribution in [2.45, 2.75) is 37.4 Å². The van der Waals surface area contributed by atoms with Gasteiger partial charge in [0, 0.05) is 0 Å². The maximum Gasteiger partial charge on any atom is 0.119 e. The summed E-state index contributed by atoms with van der Waals surface area (Å²) in [7, 11) is 0. The number of thioether (sulfide) groups is 2. The topological polar surface area (TPSA) is 9.23 Å². The molecule has 1 nitrogen and oxygen atoms in total. The average molecular weight is 345 g/mol. The first-order valence-corrected chi connectivity index (χ1v) is 10.3. The summed E-state index contributed by atoms with van der Waals surface area (Å²) in [6.07, 6.45) is 2.50. The van der Waals surface area contributed by atoms with E-state index in [2.05, 4.69) is 85.9 Å². The van der Waals surface area contributed by atoms with Gasteiger partial charge >= 0.3 is 0 Å². The van der Waals surface area contributed by atoms with Gasteiger partial charge in [-0.15, -0.1) is 23.5 Å². The molecule has 122 valence electrons. The highest BCUT2D eigenvalue weighted by Crippen LogP contribution is 2.52. The predicted octanol–water partition coefficient (Wildman–Crippen LogP) is 6.01. The third-order valence-electron chi connectivity index (χ3n) is 4.24. The molecular weight excluding hydrogens is 320 g/mol. The van der Waals surface area contributed by atoms with E-state index >= 15 is 0 Å². The van der Waals surface area contributed by atoms with Gasteiger partial charge in [-0.05, 0) is 54.5 Å². The van der Waals surface area contributed by atoms with Crippen LogP contribution in [0.3, 0.4) is 0 Å². The van der Waals surface area contributed by atoms with Crippen LogP contribution in [0.25, 0.3) is 0 Å². The van der Waals surface area contributed by atoms with Crippen LogP contribution in [0.2, 0.25) is 0 Å². The molecule has 0 atom stereocenters. The van der Waals surface area contributed by atoms with Gasteiger partial charge in [-0.1, -0.05) is 48.9 Å². The average Bonchev–Trinajstić information content (AvgIpc) is 2.62. The van der Waals surface area contributed by atoms with Crippen LogP contribution in [-0.2, 0) is 10.7 Å². The van der Waals surface area contributed by atoms with Gasteiger partial charge in [0.25, 0.3) is 0 Å². The summed E-state index contributed by atoms with van der Waals surface area (Å²) in [5, 5.41) is 0. The molecule has 1 saturated heterocycles. The van der Waals surface area contributed by atoms with Crippen molar-refractivity contribution in [2.75, 3.05) is 11.5 Å². The number of rotatable bonds is 5.